The van der Waals surface area contributed by atoms with Gasteiger partial charge in [0.15, 0.2) is 0 Å². The van der Waals surface area contributed by atoms with E-state index in [4.69, 9.17) is 4.74 Å². The van der Waals surface area contributed by atoms with Crippen molar-refractivity contribution in [2.24, 2.45) is 0 Å². The second-order valence-corrected chi connectivity index (χ2v) is 5.11. The molecule has 0 spiro atoms. The monoisotopic (exact) mass is 301 g/mol. The number of anilines is 1. The Morgan fingerprint density at radius 1 is 1.25 bits per heavy atom. The van der Waals surface area contributed by atoms with Crippen molar-refractivity contribution in [1.29, 1.82) is 0 Å². The third-order valence-electron chi connectivity index (χ3n) is 2.95. The molecule has 0 saturated carbocycles. The standard InChI is InChI=1S/C14H14F3NOS/c1-9(10-5-6-20-8-10)18-13-4-3-11(19-2)7-12(13)14(15,16)17/h3-9,18H,1-2H3. The van der Waals surface area contributed by atoms with Crippen molar-refractivity contribution in [3.8, 4) is 5.75 Å². The van der Waals surface area contributed by atoms with Crippen LogP contribution >= 0.6 is 11.3 Å². The molecule has 1 aromatic heterocycles. The number of hydrogen-bond donors (Lipinski definition) is 1. The van der Waals surface area contributed by atoms with Gasteiger partial charge in [-0.1, -0.05) is 0 Å². The molecule has 2 nitrogen and oxygen atoms in total. The van der Waals surface area contributed by atoms with Gasteiger partial charge in [-0.3, -0.25) is 0 Å². The fourth-order valence-electron chi connectivity index (χ4n) is 1.85. The van der Waals surface area contributed by atoms with Gasteiger partial charge < -0.3 is 10.1 Å². The maximum Gasteiger partial charge on any atom is 0.418 e. The van der Waals surface area contributed by atoms with Crippen molar-refractivity contribution >= 4 is 17.0 Å². The molecule has 0 fully saturated rings. The van der Waals surface area contributed by atoms with Crippen molar-refractivity contribution in [1.82, 2.24) is 0 Å². The van der Waals surface area contributed by atoms with E-state index in [2.05, 4.69) is 5.32 Å². The molecule has 0 aliphatic rings. The van der Waals surface area contributed by atoms with Crippen LogP contribution in [0, 0.1) is 0 Å². The van der Waals surface area contributed by atoms with Crippen LogP contribution in [0.25, 0.3) is 0 Å². The van der Waals surface area contributed by atoms with Gasteiger partial charge in [-0.05, 0) is 47.5 Å². The number of hydrogen-bond acceptors (Lipinski definition) is 3. The van der Waals surface area contributed by atoms with Gasteiger partial charge in [-0.15, -0.1) is 0 Å². The highest BCUT2D eigenvalue weighted by molar-refractivity contribution is 7.07. The number of nitrogens with one attached hydrogen (secondary N) is 1. The Bertz CT molecular complexity index is 566. The second kappa shape index (κ2) is 5.75. The summed E-state index contributed by atoms with van der Waals surface area (Å²) in [6.07, 6.45) is -4.43. The van der Waals surface area contributed by atoms with E-state index in [0.29, 0.717) is 0 Å². The Balaban J connectivity index is 2.31. The van der Waals surface area contributed by atoms with Crippen molar-refractivity contribution in [2.75, 3.05) is 12.4 Å². The first-order chi connectivity index (χ1) is 9.41. The summed E-state index contributed by atoms with van der Waals surface area (Å²) in [6, 6.07) is 5.60. The quantitative estimate of drug-likeness (QED) is 0.863. The highest BCUT2D eigenvalue weighted by Gasteiger charge is 2.34. The van der Waals surface area contributed by atoms with Gasteiger partial charge >= 0.3 is 6.18 Å². The number of halogens is 3. The third-order valence-corrected chi connectivity index (χ3v) is 3.65. The Kier molecular flexibility index (Phi) is 4.23. The van der Waals surface area contributed by atoms with Crippen molar-refractivity contribution < 1.29 is 17.9 Å². The number of rotatable bonds is 4. The molecular weight excluding hydrogens is 287 g/mol. The predicted molar refractivity (Wildman–Crippen MR) is 74.4 cm³/mol. The van der Waals surface area contributed by atoms with E-state index < -0.39 is 11.7 Å². The van der Waals surface area contributed by atoms with E-state index in [0.717, 1.165) is 11.6 Å². The molecule has 0 saturated heterocycles. The summed E-state index contributed by atoms with van der Waals surface area (Å²) >= 11 is 1.51. The molecule has 1 N–H and O–H groups in total. The highest BCUT2D eigenvalue weighted by Crippen LogP contribution is 2.38. The fourth-order valence-corrected chi connectivity index (χ4v) is 2.60. The molecule has 1 aromatic carbocycles. The van der Waals surface area contributed by atoms with Crippen LogP contribution in [0.3, 0.4) is 0 Å². The Morgan fingerprint density at radius 3 is 2.55 bits per heavy atom. The predicted octanol–water partition coefficient (Wildman–Crippen LogP) is 4.95. The average molecular weight is 301 g/mol. The van der Waals surface area contributed by atoms with Crippen molar-refractivity contribution in [2.45, 2.75) is 19.1 Å². The van der Waals surface area contributed by atoms with Crippen LogP contribution in [0.4, 0.5) is 18.9 Å². The lowest BCUT2D eigenvalue weighted by Gasteiger charge is -2.19. The molecule has 20 heavy (non-hydrogen) atoms. The molecule has 6 heteroatoms. The number of methoxy groups -OCH3 is 1. The maximum absolute atomic E-state index is 13.1. The molecule has 2 aromatic rings. The van der Waals surface area contributed by atoms with Gasteiger partial charge in [-0.2, -0.15) is 24.5 Å². The number of alkyl halides is 3. The smallest absolute Gasteiger partial charge is 0.418 e. The lowest BCUT2D eigenvalue weighted by atomic mass is 10.1. The van der Waals surface area contributed by atoms with Crippen LogP contribution in [-0.2, 0) is 6.18 Å². The van der Waals surface area contributed by atoms with Crippen LogP contribution < -0.4 is 10.1 Å². The van der Waals surface area contributed by atoms with Crippen molar-refractivity contribution in [3.05, 3.63) is 46.2 Å². The molecule has 0 bridgehead atoms. The normalized spacial score (nSPS) is 13.1. The molecule has 1 unspecified atom stereocenters. The molecular formula is C14H14F3NOS. The Morgan fingerprint density at radius 2 is 2.00 bits per heavy atom. The van der Waals surface area contributed by atoms with Gasteiger partial charge in [0.2, 0.25) is 0 Å². The van der Waals surface area contributed by atoms with Gasteiger partial charge in [-0.25, -0.2) is 0 Å². The minimum absolute atomic E-state index is 0.0528. The third kappa shape index (κ3) is 3.25. The maximum atomic E-state index is 13.1. The summed E-state index contributed by atoms with van der Waals surface area (Å²) in [5.74, 6) is 0.186. The van der Waals surface area contributed by atoms with Crippen LogP contribution in [0.15, 0.2) is 35.0 Å². The molecule has 0 radical (unpaired) electrons. The second-order valence-electron chi connectivity index (χ2n) is 4.33. The molecule has 1 heterocycles. The summed E-state index contributed by atoms with van der Waals surface area (Å²) < 4.78 is 44.0. The summed E-state index contributed by atoms with van der Waals surface area (Å²) in [7, 11) is 1.34. The van der Waals surface area contributed by atoms with Crippen LogP contribution in [0.1, 0.15) is 24.1 Å². The molecule has 1 atom stereocenters. The molecule has 0 amide bonds. The summed E-state index contributed by atoms with van der Waals surface area (Å²) in [4.78, 5) is 0. The van der Waals surface area contributed by atoms with Crippen LogP contribution in [0.2, 0.25) is 0 Å². The first-order valence-electron chi connectivity index (χ1n) is 5.95. The zero-order valence-corrected chi connectivity index (χ0v) is 11.8. The Hall–Kier alpha value is -1.69. The number of thiophene rings is 1. The summed E-state index contributed by atoms with van der Waals surface area (Å²) in [5.41, 5.74) is 0.287. The lowest BCUT2D eigenvalue weighted by Crippen LogP contribution is -2.13. The van der Waals surface area contributed by atoms with E-state index in [9.17, 15) is 13.2 Å². The first kappa shape index (κ1) is 14.7. The van der Waals surface area contributed by atoms with E-state index in [1.165, 1.54) is 30.6 Å². The molecule has 108 valence electrons. The van der Waals surface area contributed by atoms with E-state index >= 15 is 0 Å². The van der Waals surface area contributed by atoms with Crippen LogP contribution in [-0.4, -0.2) is 7.11 Å². The van der Waals surface area contributed by atoms with E-state index in [-0.39, 0.29) is 17.5 Å². The first-order valence-corrected chi connectivity index (χ1v) is 6.90. The van der Waals surface area contributed by atoms with Crippen LogP contribution in [0.5, 0.6) is 5.75 Å². The minimum Gasteiger partial charge on any atom is -0.497 e. The number of ether oxygens (including phenoxy) is 1. The SMILES string of the molecule is COc1ccc(NC(C)c2ccsc2)c(C(F)(F)F)c1. The largest absolute Gasteiger partial charge is 0.497 e. The van der Waals surface area contributed by atoms with Crippen molar-refractivity contribution in [3.63, 3.8) is 0 Å². The zero-order chi connectivity index (χ0) is 14.8. The Labute approximate surface area is 119 Å². The lowest BCUT2D eigenvalue weighted by molar-refractivity contribution is -0.137. The molecule has 0 aliphatic heterocycles. The topological polar surface area (TPSA) is 21.3 Å². The van der Waals surface area contributed by atoms with E-state index in [1.54, 1.807) is 0 Å². The summed E-state index contributed by atoms with van der Waals surface area (Å²) in [5, 5.41) is 6.71. The molecule has 2 rings (SSSR count). The van der Waals surface area contributed by atoms with Gasteiger partial charge in [0, 0.05) is 11.7 Å². The minimum atomic E-state index is -4.43. The molecule has 0 aliphatic carbocycles. The highest BCUT2D eigenvalue weighted by atomic mass is 32.1. The fraction of sp³-hybridized carbons (Fsp3) is 0.286. The van der Waals surface area contributed by atoms with Gasteiger partial charge in [0.1, 0.15) is 5.75 Å². The van der Waals surface area contributed by atoms with Gasteiger partial charge in [0.25, 0.3) is 0 Å². The number of benzene rings is 1. The zero-order valence-electron chi connectivity index (χ0n) is 11.0. The van der Waals surface area contributed by atoms with E-state index in [1.807, 2.05) is 23.8 Å². The average Bonchev–Trinajstić information content (AvgIpc) is 2.91. The summed E-state index contributed by atoms with van der Waals surface area (Å²) in [6.45, 7) is 1.83. The van der Waals surface area contributed by atoms with Gasteiger partial charge in [0.05, 0.1) is 12.7 Å².